The Bertz CT molecular complexity index is 147. The van der Waals surface area contributed by atoms with E-state index >= 15 is 0 Å². The third kappa shape index (κ3) is 9.42. The molecule has 0 rings (SSSR count). The van der Waals surface area contributed by atoms with Crippen LogP contribution < -0.4 is 5.59 Å². The van der Waals surface area contributed by atoms with Crippen LogP contribution in [-0.4, -0.2) is 34.0 Å². The fraction of sp³-hybridized carbons (Fsp3) is 0.889. The van der Waals surface area contributed by atoms with Crippen molar-refractivity contribution < 1.29 is 10.3 Å². The summed E-state index contributed by atoms with van der Waals surface area (Å²) in [6.07, 6.45) is 0.250. The second-order valence-corrected chi connectivity index (χ2v) is 3.33. The molecule has 14 heavy (non-hydrogen) atoms. The first-order chi connectivity index (χ1) is 6.51. The van der Waals surface area contributed by atoms with Gasteiger partial charge in [-0.05, 0) is 27.7 Å². The van der Waals surface area contributed by atoms with Gasteiger partial charge in [-0.2, -0.15) is 5.26 Å². The number of hydrogen-bond donors (Lipinski definition) is 3. The summed E-state index contributed by atoms with van der Waals surface area (Å²) in [5, 5.41) is 25.8. The van der Waals surface area contributed by atoms with E-state index in [0.717, 1.165) is 0 Å². The summed E-state index contributed by atoms with van der Waals surface area (Å²) in [5.74, 6) is 0. The van der Waals surface area contributed by atoms with Crippen molar-refractivity contribution in [2.24, 2.45) is 0 Å². The summed E-state index contributed by atoms with van der Waals surface area (Å²) in [4.78, 5) is 0. The van der Waals surface area contributed by atoms with Crippen molar-refractivity contribution in [1.29, 1.82) is 5.26 Å². The second kappa shape index (κ2) is 10.4. The SMILES string of the molecule is CC(C)N(NO)C(C)C.N#CCCO. The molecule has 0 heterocycles. The Balaban J connectivity index is 0. The third-order valence-corrected chi connectivity index (χ3v) is 1.45. The number of aliphatic hydroxyl groups is 1. The highest BCUT2D eigenvalue weighted by Crippen LogP contribution is 1.98. The largest absolute Gasteiger partial charge is 0.395 e. The van der Waals surface area contributed by atoms with Crippen molar-refractivity contribution >= 4 is 0 Å². The number of nitrogens with zero attached hydrogens (tertiary/aromatic N) is 2. The molecular weight excluding hydrogens is 182 g/mol. The highest BCUT2D eigenvalue weighted by atomic mass is 16.5. The molecule has 5 heteroatoms. The van der Waals surface area contributed by atoms with Crippen molar-refractivity contribution in [2.75, 3.05) is 6.61 Å². The number of nitrogens with one attached hydrogen (secondary N) is 1. The van der Waals surface area contributed by atoms with Crippen LogP contribution in [-0.2, 0) is 0 Å². The van der Waals surface area contributed by atoms with Gasteiger partial charge in [-0.25, -0.2) is 5.01 Å². The summed E-state index contributed by atoms with van der Waals surface area (Å²) >= 11 is 0. The third-order valence-electron chi connectivity index (χ3n) is 1.45. The maximum atomic E-state index is 8.54. The lowest BCUT2D eigenvalue weighted by Crippen LogP contribution is -2.45. The van der Waals surface area contributed by atoms with E-state index in [1.54, 1.807) is 11.1 Å². The number of hydrogen-bond acceptors (Lipinski definition) is 5. The minimum atomic E-state index is -0.0174. The first-order valence-corrected chi connectivity index (χ1v) is 4.67. The van der Waals surface area contributed by atoms with Gasteiger partial charge in [-0.3, -0.25) is 0 Å². The molecule has 0 aliphatic rings. The highest BCUT2D eigenvalue weighted by Gasteiger charge is 2.10. The molecule has 0 saturated carbocycles. The molecule has 0 spiro atoms. The van der Waals surface area contributed by atoms with E-state index in [1.807, 2.05) is 27.7 Å². The Morgan fingerprint density at radius 3 is 1.71 bits per heavy atom. The standard InChI is InChI=1S/C6H16N2O.C3H5NO/c1-5(2)8(7-9)6(3)4;4-2-1-3-5/h5-7,9H,1-4H3;5H,1,3H2. The summed E-state index contributed by atoms with van der Waals surface area (Å²) in [5.41, 5.74) is 2.13. The van der Waals surface area contributed by atoms with Gasteiger partial charge in [0, 0.05) is 12.1 Å². The van der Waals surface area contributed by atoms with Gasteiger partial charge in [0.15, 0.2) is 0 Å². The number of rotatable bonds is 4. The van der Waals surface area contributed by atoms with Gasteiger partial charge in [0.1, 0.15) is 0 Å². The molecule has 0 radical (unpaired) electrons. The summed E-state index contributed by atoms with van der Waals surface area (Å²) in [6, 6.07) is 2.42. The van der Waals surface area contributed by atoms with Crippen LogP contribution in [0.4, 0.5) is 0 Å². The van der Waals surface area contributed by atoms with Crippen LogP contribution in [0.1, 0.15) is 34.1 Å². The first kappa shape index (κ1) is 15.8. The minimum Gasteiger partial charge on any atom is -0.395 e. The van der Waals surface area contributed by atoms with E-state index in [0.29, 0.717) is 12.1 Å². The van der Waals surface area contributed by atoms with Gasteiger partial charge in [0.25, 0.3) is 0 Å². The molecule has 84 valence electrons. The Kier molecular flexibility index (Phi) is 11.7. The second-order valence-electron chi connectivity index (χ2n) is 3.33. The molecule has 5 nitrogen and oxygen atoms in total. The van der Waals surface area contributed by atoms with Crippen LogP contribution in [0.2, 0.25) is 0 Å². The molecule has 0 saturated heterocycles. The molecule has 0 aromatic rings. The molecule has 0 aromatic heterocycles. The summed E-state index contributed by atoms with van der Waals surface area (Å²) in [7, 11) is 0. The Labute approximate surface area is 85.9 Å². The lowest BCUT2D eigenvalue weighted by atomic mass is 10.3. The molecule has 0 fully saturated rings. The number of nitriles is 1. The monoisotopic (exact) mass is 203 g/mol. The Morgan fingerprint density at radius 1 is 1.29 bits per heavy atom. The van der Waals surface area contributed by atoms with Crippen molar-refractivity contribution in [3.63, 3.8) is 0 Å². The zero-order valence-corrected chi connectivity index (χ0v) is 9.36. The van der Waals surface area contributed by atoms with Crippen molar-refractivity contribution in [1.82, 2.24) is 10.6 Å². The van der Waals surface area contributed by atoms with Gasteiger partial charge < -0.3 is 10.3 Å². The van der Waals surface area contributed by atoms with E-state index in [4.69, 9.17) is 15.6 Å². The molecule has 0 bridgehead atoms. The van der Waals surface area contributed by atoms with E-state index in [9.17, 15) is 0 Å². The predicted molar refractivity (Wildman–Crippen MR) is 54.3 cm³/mol. The lowest BCUT2D eigenvalue weighted by Gasteiger charge is -2.27. The molecular formula is C9H21N3O2. The van der Waals surface area contributed by atoms with Gasteiger partial charge >= 0.3 is 0 Å². The van der Waals surface area contributed by atoms with Crippen molar-refractivity contribution in [2.45, 2.75) is 46.2 Å². The van der Waals surface area contributed by atoms with Crippen LogP contribution in [0.15, 0.2) is 0 Å². The van der Waals surface area contributed by atoms with Gasteiger partial charge in [0.05, 0.1) is 19.1 Å². The zero-order valence-electron chi connectivity index (χ0n) is 9.36. The zero-order chi connectivity index (χ0) is 11.6. The Hall–Kier alpha value is -0.670. The fourth-order valence-electron chi connectivity index (χ4n) is 0.877. The smallest absolute Gasteiger partial charge is 0.0645 e. The van der Waals surface area contributed by atoms with E-state index in [1.165, 1.54) is 0 Å². The van der Waals surface area contributed by atoms with Gasteiger partial charge in [0.2, 0.25) is 0 Å². The molecule has 0 unspecified atom stereocenters. The van der Waals surface area contributed by atoms with Crippen LogP contribution in [0.5, 0.6) is 0 Å². The average Bonchev–Trinajstić information content (AvgIpc) is 2.06. The molecule has 0 aliphatic heterocycles. The number of aliphatic hydroxyl groups excluding tert-OH is 1. The van der Waals surface area contributed by atoms with Gasteiger partial charge in [-0.1, -0.05) is 0 Å². The maximum absolute atomic E-state index is 8.54. The highest BCUT2D eigenvalue weighted by molar-refractivity contribution is 4.65. The van der Waals surface area contributed by atoms with E-state index < -0.39 is 0 Å². The van der Waals surface area contributed by atoms with Crippen molar-refractivity contribution in [3.8, 4) is 6.07 Å². The molecule has 0 aliphatic carbocycles. The molecule has 0 aromatic carbocycles. The fourth-order valence-corrected chi connectivity index (χ4v) is 0.877. The molecule has 0 atom stereocenters. The van der Waals surface area contributed by atoms with Crippen LogP contribution in [0.3, 0.4) is 0 Å². The number of hydrazine groups is 1. The van der Waals surface area contributed by atoms with Crippen molar-refractivity contribution in [3.05, 3.63) is 0 Å². The predicted octanol–water partition coefficient (Wildman–Crippen LogP) is 0.891. The van der Waals surface area contributed by atoms with Crippen LogP contribution in [0.25, 0.3) is 0 Å². The first-order valence-electron chi connectivity index (χ1n) is 4.67. The van der Waals surface area contributed by atoms with E-state index in [-0.39, 0.29) is 13.0 Å². The summed E-state index contributed by atoms with van der Waals surface area (Å²) < 4.78 is 0. The topological polar surface area (TPSA) is 79.5 Å². The molecule has 0 amide bonds. The van der Waals surface area contributed by atoms with Gasteiger partial charge in [-0.15, -0.1) is 5.59 Å². The summed E-state index contributed by atoms with van der Waals surface area (Å²) in [6.45, 7) is 8.05. The van der Waals surface area contributed by atoms with Crippen LogP contribution in [0, 0.1) is 11.3 Å². The molecule has 3 N–H and O–H groups in total. The average molecular weight is 203 g/mol. The Morgan fingerprint density at radius 2 is 1.71 bits per heavy atom. The maximum Gasteiger partial charge on any atom is 0.0645 e. The lowest BCUT2D eigenvalue weighted by molar-refractivity contribution is -0.0599. The minimum absolute atomic E-state index is 0.0174. The normalized spacial score (nSPS) is 10.0. The van der Waals surface area contributed by atoms with E-state index in [2.05, 4.69) is 5.59 Å². The quantitative estimate of drug-likeness (QED) is 0.591. The van der Waals surface area contributed by atoms with Crippen LogP contribution >= 0.6 is 0 Å².